The van der Waals surface area contributed by atoms with Crippen molar-refractivity contribution >= 4 is 17.2 Å². The number of rotatable bonds is 3. The molecule has 0 atom stereocenters. The first-order chi connectivity index (χ1) is 8.09. The van der Waals surface area contributed by atoms with E-state index in [2.05, 4.69) is 10.3 Å². The van der Waals surface area contributed by atoms with Gasteiger partial charge in [-0.05, 0) is 26.0 Å². The lowest BCUT2D eigenvalue weighted by Crippen LogP contribution is -2.41. The van der Waals surface area contributed by atoms with Gasteiger partial charge in [0.1, 0.15) is 0 Å². The van der Waals surface area contributed by atoms with Crippen LogP contribution in [0.4, 0.5) is 0 Å². The summed E-state index contributed by atoms with van der Waals surface area (Å²) in [4.78, 5) is 16.3. The molecule has 0 radical (unpaired) electrons. The minimum Gasteiger partial charge on any atom is -0.341 e. The summed E-state index contributed by atoms with van der Waals surface area (Å²) in [6.07, 6.45) is 0. The average molecular weight is 246 g/mol. The van der Waals surface area contributed by atoms with E-state index in [0.29, 0.717) is 5.56 Å². The van der Waals surface area contributed by atoms with Gasteiger partial charge in [0.15, 0.2) is 0 Å². The monoisotopic (exact) mass is 246 g/mol. The number of nitrogens with one attached hydrogen (secondary N) is 1. The van der Waals surface area contributed by atoms with Gasteiger partial charge in [0.05, 0.1) is 16.7 Å². The molecule has 1 heterocycles. The molecule has 3 nitrogen and oxygen atoms in total. The second-order valence-electron chi connectivity index (χ2n) is 4.32. The van der Waals surface area contributed by atoms with E-state index in [9.17, 15) is 4.79 Å². The minimum absolute atomic E-state index is 0.0800. The van der Waals surface area contributed by atoms with Crippen LogP contribution in [0.15, 0.2) is 41.2 Å². The summed E-state index contributed by atoms with van der Waals surface area (Å²) < 4.78 is 0. The fourth-order valence-corrected chi connectivity index (χ4v) is 2.25. The van der Waals surface area contributed by atoms with E-state index in [0.717, 1.165) is 5.69 Å². The van der Waals surface area contributed by atoms with E-state index in [4.69, 9.17) is 0 Å². The molecule has 0 aliphatic heterocycles. The Morgan fingerprint density at radius 1 is 1.29 bits per heavy atom. The van der Waals surface area contributed by atoms with Crippen molar-refractivity contribution in [3.63, 3.8) is 0 Å². The highest BCUT2D eigenvalue weighted by Gasteiger charge is 2.25. The molecule has 1 amide bonds. The zero-order valence-corrected chi connectivity index (χ0v) is 10.6. The number of thiazole rings is 1. The van der Waals surface area contributed by atoms with Crippen molar-refractivity contribution in [2.75, 3.05) is 0 Å². The van der Waals surface area contributed by atoms with E-state index in [-0.39, 0.29) is 5.91 Å². The highest BCUT2D eigenvalue weighted by molar-refractivity contribution is 7.07. The second-order valence-corrected chi connectivity index (χ2v) is 5.04. The van der Waals surface area contributed by atoms with Crippen molar-refractivity contribution in [3.8, 4) is 0 Å². The summed E-state index contributed by atoms with van der Waals surface area (Å²) in [7, 11) is 0. The number of carbonyl (C=O) groups is 1. The number of hydrogen-bond acceptors (Lipinski definition) is 3. The van der Waals surface area contributed by atoms with E-state index >= 15 is 0 Å². The summed E-state index contributed by atoms with van der Waals surface area (Å²) in [5.74, 6) is -0.0800. The first-order valence-corrected chi connectivity index (χ1v) is 6.30. The maximum atomic E-state index is 12.0. The predicted molar refractivity (Wildman–Crippen MR) is 69.0 cm³/mol. The van der Waals surface area contributed by atoms with E-state index in [1.54, 1.807) is 17.6 Å². The molecule has 0 saturated heterocycles. The lowest BCUT2D eigenvalue weighted by Gasteiger charge is -2.24. The van der Waals surface area contributed by atoms with Gasteiger partial charge in [0.2, 0.25) is 0 Å². The van der Waals surface area contributed by atoms with Gasteiger partial charge in [-0.1, -0.05) is 18.2 Å². The first-order valence-electron chi connectivity index (χ1n) is 5.36. The number of carbonyl (C=O) groups excluding carboxylic acids is 1. The smallest absolute Gasteiger partial charge is 0.252 e. The van der Waals surface area contributed by atoms with Crippen LogP contribution < -0.4 is 5.32 Å². The van der Waals surface area contributed by atoms with Crippen molar-refractivity contribution in [2.45, 2.75) is 19.4 Å². The molecule has 1 aromatic carbocycles. The minimum atomic E-state index is -0.451. The molecular weight excluding hydrogens is 232 g/mol. The van der Waals surface area contributed by atoms with Crippen molar-refractivity contribution in [3.05, 3.63) is 52.5 Å². The molecule has 4 heteroatoms. The average Bonchev–Trinajstić information content (AvgIpc) is 2.84. The summed E-state index contributed by atoms with van der Waals surface area (Å²) in [5, 5.41) is 4.93. The van der Waals surface area contributed by atoms with Crippen molar-refractivity contribution in [2.24, 2.45) is 0 Å². The number of aromatic nitrogens is 1. The van der Waals surface area contributed by atoms with Gasteiger partial charge in [-0.3, -0.25) is 4.79 Å². The van der Waals surface area contributed by atoms with E-state index in [1.165, 1.54) is 11.3 Å². The van der Waals surface area contributed by atoms with Gasteiger partial charge < -0.3 is 5.32 Å². The predicted octanol–water partition coefficient (Wildman–Crippen LogP) is 2.81. The molecule has 17 heavy (non-hydrogen) atoms. The number of hydrogen-bond donors (Lipinski definition) is 1. The third kappa shape index (κ3) is 2.71. The molecular formula is C13H14N2OS. The summed E-state index contributed by atoms with van der Waals surface area (Å²) in [6.45, 7) is 3.89. The quantitative estimate of drug-likeness (QED) is 0.904. The Hall–Kier alpha value is -1.68. The molecule has 2 rings (SSSR count). The zero-order chi connectivity index (χ0) is 12.3. The lowest BCUT2D eigenvalue weighted by molar-refractivity contribution is 0.0910. The number of benzene rings is 1. The zero-order valence-electron chi connectivity index (χ0n) is 9.81. The topological polar surface area (TPSA) is 42.0 Å². The molecule has 0 fully saturated rings. The van der Waals surface area contributed by atoms with Gasteiger partial charge in [0.25, 0.3) is 5.91 Å². The number of nitrogens with zero attached hydrogens (tertiary/aromatic N) is 1. The molecule has 0 aliphatic carbocycles. The van der Waals surface area contributed by atoms with Crippen LogP contribution in [-0.2, 0) is 5.54 Å². The summed E-state index contributed by atoms with van der Waals surface area (Å²) in [5.41, 5.74) is 2.86. The van der Waals surface area contributed by atoms with Gasteiger partial charge in [-0.2, -0.15) is 0 Å². The fraction of sp³-hybridized carbons (Fsp3) is 0.231. The Bertz CT molecular complexity index is 491. The van der Waals surface area contributed by atoms with Crippen molar-refractivity contribution < 1.29 is 4.79 Å². The van der Waals surface area contributed by atoms with Crippen LogP contribution in [0.3, 0.4) is 0 Å². The van der Waals surface area contributed by atoms with Gasteiger partial charge in [-0.15, -0.1) is 11.3 Å². The second kappa shape index (κ2) is 4.67. The SMILES string of the molecule is CC(C)(NC(=O)c1ccccc1)c1cscn1. The standard InChI is InChI=1S/C13H14N2OS/c1-13(2,11-8-17-9-14-11)15-12(16)10-6-4-3-5-7-10/h3-9H,1-2H3,(H,15,16). The van der Waals surface area contributed by atoms with E-state index < -0.39 is 5.54 Å². The van der Waals surface area contributed by atoms with Crippen LogP contribution in [0.25, 0.3) is 0 Å². The molecule has 1 N–H and O–H groups in total. The molecule has 88 valence electrons. The number of amides is 1. The third-order valence-electron chi connectivity index (χ3n) is 2.53. The van der Waals surface area contributed by atoms with Crippen molar-refractivity contribution in [1.82, 2.24) is 10.3 Å². The Kier molecular flexibility index (Phi) is 3.24. The molecule has 0 aliphatic rings. The summed E-state index contributed by atoms with van der Waals surface area (Å²) >= 11 is 1.53. The van der Waals surface area contributed by atoms with Gasteiger partial charge >= 0.3 is 0 Å². The molecule has 0 spiro atoms. The Balaban J connectivity index is 2.14. The van der Waals surface area contributed by atoms with E-state index in [1.807, 2.05) is 37.4 Å². The van der Waals surface area contributed by atoms with Crippen molar-refractivity contribution in [1.29, 1.82) is 0 Å². The largest absolute Gasteiger partial charge is 0.341 e. The van der Waals surface area contributed by atoms with Crippen LogP contribution in [0, 0.1) is 0 Å². The van der Waals surface area contributed by atoms with Crippen LogP contribution in [0.5, 0.6) is 0 Å². The molecule has 0 bridgehead atoms. The molecule has 1 aromatic heterocycles. The molecule has 0 unspecified atom stereocenters. The lowest BCUT2D eigenvalue weighted by atomic mass is 10.0. The summed E-state index contributed by atoms with van der Waals surface area (Å²) in [6, 6.07) is 9.19. The maximum absolute atomic E-state index is 12.0. The van der Waals surface area contributed by atoms with Crippen LogP contribution in [0.2, 0.25) is 0 Å². The van der Waals surface area contributed by atoms with Crippen LogP contribution in [0.1, 0.15) is 29.9 Å². The Morgan fingerprint density at radius 3 is 2.59 bits per heavy atom. The Labute approximate surface area is 105 Å². The normalized spacial score (nSPS) is 11.2. The highest BCUT2D eigenvalue weighted by Crippen LogP contribution is 2.20. The fourth-order valence-electron chi connectivity index (χ4n) is 1.53. The highest BCUT2D eigenvalue weighted by atomic mass is 32.1. The third-order valence-corrected chi connectivity index (χ3v) is 3.12. The molecule has 2 aromatic rings. The maximum Gasteiger partial charge on any atom is 0.252 e. The van der Waals surface area contributed by atoms with Gasteiger partial charge in [0, 0.05) is 10.9 Å². The Morgan fingerprint density at radius 2 is 2.00 bits per heavy atom. The van der Waals surface area contributed by atoms with Gasteiger partial charge in [-0.25, -0.2) is 4.98 Å². The first kappa shape index (κ1) is 11.8. The van der Waals surface area contributed by atoms with Crippen LogP contribution >= 0.6 is 11.3 Å². The van der Waals surface area contributed by atoms with Crippen LogP contribution in [-0.4, -0.2) is 10.9 Å². The molecule has 0 saturated carbocycles.